The van der Waals surface area contributed by atoms with Gasteiger partial charge >= 0.3 is 0 Å². The SMILES string of the molecule is COCC(CCCN)NCCOc1ccccc1. The zero-order valence-corrected chi connectivity index (χ0v) is 11.1. The van der Waals surface area contributed by atoms with Gasteiger partial charge in [0.15, 0.2) is 0 Å². The van der Waals surface area contributed by atoms with Crippen molar-refractivity contribution in [3.05, 3.63) is 30.3 Å². The maximum atomic E-state index is 5.61. The molecule has 1 atom stereocenters. The highest BCUT2D eigenvalue weighted by Crippen LogP contribution is 2.07. The number of benzene rings is 1. The van der Waals surface area contributed by atoms with Crippen molar-refractivity contribution in [2.24, 2.45) is 5.73 Å². The Morgan fingerprint density at radius 1 is 1.28 bits per heavy atom. The zero-order valence-electron chi connectivity index (χ0n) is 11.1. The van der Waals surface area contributed by atoms with E-state index in [1.54, 1.807) is 7.11 Å². The van der Waals surface area contributed by atoms with Crippen molar-refractivity contribution >= 4 is 0 Å². The lowest BCUT2D eigenvalue weighted by Crippen LogP contribution is -2.36. The summed E-state index contributed by atoms with van der Waals surface area (Å²) >= 11 is 0. The molecule has 4 heteroatoms. The van der Waals surface area contributed by atoms with Crippen LogP contribution >= 0.6 is 0 Å². The van der Waals surface area contributed by atoms with Crippen LogP contribution in [0.5, 0.6) is 5.75 Å². The number of nitrogens with one attached hydrogen (secondary N) is 1. The molecule has 0 bridgehead atoms. The number of hydrogen-bond donors (Lipinski definition) is 2. The molecule has 1 unspecified atom stereocenters. The molecule has 3 N–H and O–H groups in total. The van der Waals surface area contributed by atoms with Crippen LogP contribution in [0.3, 0.4) is 0 Å². The normalized spacial score (nSPS) is 12.3. The summed E-state index contributed by atoms with van der Waals surface area (Å²) in [6.07, 6.45) is 2.05. The molecule has 0 fully saturated rings. The van der Waals surface area contributed by atoms with Gasteiger partial charge in [-0.05, 0) is 31.5 Å². The summed E-state index contributed by atoms with van der Waals surface area (Å²) in [6.45, 7) is 2.91. The van der Waals surface area contributed by atoms with Crippen molar-refractivity contribution in [1.29, 1.82) is 0 Å². The molecule has 0 amide bonds. The number of nitrogens with two attached hydrogens (primary N) is 1. The molecule has 0 aliphatic heterocycles. The summed E-state index contributed by atoms with van der Waals surface area (Å²) in [5, 5.41) is 3.42. The Balaban J connectivity index is 2.14. The lowest BCUT2D eigenvalue weighted by Gasteiger charge is -2.17. The Labute approximate surface area is 109 Å². The summed E-state index contributed by atoms with van der Waals surface area (Å²) in [5.74, 6) is 0.907. The number of rotatable bonds is 10. The van der Waals surface area contributed by atoms with Crippen LogP contribution in [-0.4, -0.2) is 39.5 Å². The third kappa shape index (κ3) is 6.59. The molecule has 1 rings (SSSR count). The second kappa shape index (κ2) is 9.88. The molecule has 0 heterocycles. The lowest BCUT2D eigenvalue weighted by atomic mass is 10.1. The fraction of sp³-hybridized carbons (Fsp3) is 0.571. The minimum absolute atomic E-state index is 0.359. The van der Waals surface area contributed by atoms with E-state index in [1.807, 2.05) is 30.3 Å². The topological polar surface area (TPSA) is 56.5 Å². The molecule has 18 heavy (non-hydrogen) atoms. The van der Waals surface area contributed by atoms with Gasteiger partial charge in [0.05, 0.1) is 6.61 Å². The van der Waals surface area contributed by atoms with Gasteiger partial charge in [0.1, 0.15) is 12.4 Å². The van der Waals surface area contributed by atoms with E-state index in [4.69, 9.17) is 15.2 Å². The van der Waals surface area contributed by atoms with E-state index in [-0.39, 0.29) is 0 Å². The van der Waals surface area contributed by atoms with Crippen LogP contribution in [0.4, 0.5) is 0 Å². The average Bonchev–Trinajstić information content (AvgIpc) is 2.42. The van der Waals surface area contributed by atoms with Gasteiger partial charge in [-0.1, -0.05) is 18.2 Å². The Hall–Kier alpha value is -1.10. The van der Waals surface area contributed by atoms with Crippen molar-refractivity contribution in [3.63, 3.8) is 0 Å². The van der Waals surface area contributed by atoms with Gasteiger partial charge in [0.25, 0.3) is 0 Å². The standard InChI is InChI=1S/C14H24N2O2/c1-17-12-13(6-5-9-15)16-10-11-18-14-7-3-2-4-8-14/h2-4,7-8,13,16H,5-6,9-12,15H2,1H3. The highest BCUT2D eigenvalue weighted by atomic mass is 16.5. The van der Waals surface area contributed by atoms with Gasteiger partial charge in [-0.2, -0.15) is 0 Å². The van der Waals surface area contributed by atoms with Crippen LogP contribution < -0.4 is 15.8 Å². The second-order valence-corrected chi connectivity index (χ2v) is 4.20. The molecule has 0 radical (unpaired) electrons. The maximum absolute atomic E-state index is 5.61. The molecule has 0 aliphatic carbocycles. The van der Waals surface area contributed by atoms with Gasteiger partial charge in [-0.3, -0.25) is 0 Å². The summed E-state index contributed by atoms with van der Waals surface area (Å²) in [4.78, 5) is 0. The van der Waals surface area contributed by atoms with E-state index in [2.05, 4.69) is 5.32 Å². The minimum atomic E-state index is 0.359. The Bertz CT molecular complexity index is 293. The summed E-state index contributed by atoms with van der Waals surface area (Å²) in [6, 6.07) is 10.2. The van der Waals surface area contributed by atoms with E-state index in [0.29, 0.717) is 19.3 Å². The van der Waals surface area contributed by atoms with Crippen LogP contribution in [0.15, 0.2) is 30.3 Å². The van der Waals surface area contributed by atoms with Crippen molar-refractivity contribution in [2.75, 3.05) is 33.4 Å². The first-order chi connectivity index (χ1) is 8.86. The molecule has 1 aromatic carbocycles. The van der Waals surface area contributed by atoms with Crippen LogP contribution in [0, 0.1) is 0 Å². The van der Waals surface area contributed by atoms with E-state index in [9.17, 15) is 0 Å². The second-order valence-electron chi connectivity index (χ2n) is 4.20. The summed E-state index contributed by atoms with van der Waals surface area (Å²) in [7, 11) is 1.72. The van der Waals surface area contributed by atoms with E-state index >= 15 is 0 Å². The van der Waals surface area contributed by atoms with Gasteiger partial charge in [-0.15, -0.1) is 0 Å². The van der Waals surface area contributed by atoms with E-state index in [0.717, 1.165) is 31.7 Å². The Morgan fingerprint density at radius 3 is 2.72 bits per heavy atom. The largest absolute Gasteiger partial charge is 0.492 e. The first-order valence-corrected chi connectivity index (χ1v) is 6.47. The number of methoxy groups -OCH3 is 1. The third-order valence-electron chi connectivity index (χ3n) is 2.67. The number of ether oxygens (including phenoxy) is 2. The molecule has 0 aliphatic rings. The molecule has 0 spiro atoms. The van der Waals surface area contributed by atoms with Crippen LogP contribution in [0.2, 0.25) is 0 Å². The fourth-order valence-electron chi connectivity index (χ4n) is 1.76. The smallest absolute Gasteiger partial charge is 0.119 e. The van der Waals surface area contributed by atoms with Crippen LogP contribution in [0.25, 0.3) is 0 Å². The highest BCUT2D eigenvalue weighted by Gasteiger charge is 2.06. The van der Waals surface area contributed by atoms with Crippen molar-refractivity contribution < 1.29 is 9.47 Å². The third-order valence-corrected chi connectivity index (χ3v) is 2.67. The highest BCUT2D eigenvalue weighted by molar-refractivity contribution is 5.20. The summed E-state index contributed by atoms with van der Waals surface area (Å²) in [5.41, 5.74) is 5.51. The molecular weight excluding hydrogens is 228 g/mol. The van der Waals surface area contributed by atoms with Crippen molar-refractivity contribution in [2.45, 2.75) is 18.9 Å². The minimum Gasteiger partial charge on any atom is -0.492 e. The average molecular weight is 252 g/mol. The molecular formula is C14H24N2O2. The van der Waals surface area contributed by atoms with Gasteiger partial charge in [0.2, 0.25) is 0 Å². The zero-order chi connectivity index (χ0) is 13.1. The van der Waals surface area contributed by atoms with Gasteiger partial charge in [0, 0.05) is 19.7 Å². The van der Waals surface area contributed by atoms with E-state index < -0.39 is 0 Å². The molecule has 0 saturated heterocycles. The van der Waals surface area contributed by atoms with Gasteiger partial charge in [-0.25, -0.2) is 0 Å². The predicted molar refractivity (Wildman–Crippen MR) is 73.9 cm³/mol. The maximum Gasteiger partial charge on any atom is 0.119 e. The van der Waals surface area contributed by atoms with Crippen molar-refractivity contribution in [3.8, 4) is 5.75 Å². The monoisotopic (exact) mass is 252 g/mol. The Kier molecular flexibility index (Phi) is 8.21. The van der Waals surface area contributed by atoms with Crippen molar-refractivity contribution in [1.82, 2.24) is 5.32 Å². The van der Waals surface area contributed by atoms with Crippen LogP contribution in [-0.2, 0) is 4.74 Å². The quantitative estimate of drug-likeness (QED) is 0.618. The fourth-order valence-corrected chi connectivity index (χ4v) is 1.76. The van der Waals surface area contributed by atoms with E-state index in [1.165, 1.54) is 0 Å². The van der Waals surface area contributed by atoms with Crippen LogP contribution in [0.1, 0.15) is 12.8 Å². The first-order valence-electron chi connectivity index (χ1n) is 6.47. The molecule has 0 saturated carbocycles. The Morgan fingerprint density at radius 2 is 2.06 bits per heavy atom. The lowest BCUT2D eigenvalue weighted by molar-refractivity contribution is 0.158. The molecule has 102 valence electrons. The number of hydrogen-bond acceptors (Lipinski definition) is 4. The molecule has 4 nitrogen and oxygen atoms in total. The molecule has 0 aromatic heterocycles. The first kappa shape index (κ1) is 15.0. The van der Waals surface area contributed by atoms with Gasteiger partial charge < -0.3 is 20.5 Å². The predicted octanol–water partition coefficient (Wildman–Crippen LogP) is 1.41. The number of para-hydroxylation sites is 1. The summed E-state index contributed by atoms with van der Waals surface area (Å²) < 4.78 is 10.8. The molecule has 1 aromatic rings.